The summed E-state index contributed by atoms with van der Waals surface area (Å²) in [6.45, 7) is 4.11. The van der Waals surface area contributed by atoms with Gasteiger partial charge in [0.1, 0.15) is 0 Å². The van der Waals surface area contributed by atoms with Crippen molar-refractivity contribution in [2.75, 3.05) is 18.2 Å². The van der Waals surface area contributed by atoms with E-state index in [2.05, 4.69) is 10.7 Å². The summed E-state index contributed by atoms with van der Waals surface area (Å²) in [4.78, 5) is 11.9. The lowest BCUT2D eigenvalue weighted by molar-refractivity contribution is 0.0954. The number of rotatable bonds is 5. The van der Waals surface area contributed by atoms with Crippen molar-refractivity contribution in [1.29, 1.82) is 0 Å². The van der Waals surface area contributed by atoms with Crippen LogP contribution in [0.2, 0.25) is 0 Å². The van der Waals surface area contributed by atoms with Gasteiger partial charge < -0.3 is 10.7 Å². The SMILES string of the molecule is Cc1cc(C(=O)NCC(C)S(C)=O)ccc1NN. The first kappa shape index (κ1) is 14.7. The van der Waals surface area contributed by atoms with Crippen LogP contribution in [-0.2, 0) is 10.8 Å². The Morgan fingerprint density at radius 1 is 1.50 bits per heavy atom. The van der Waals surface area contributed by atoms with Gasteiger partial charge in [-0.25, -0.2) is 0 Å². The van der Waals surface area contributed by atoms with Crippen LogP contribution in [-0.4, -0.2) is 28.2 Å². The second kappa shape index (κ2) is 6.51. The second-order valence-electron chi connectivity index (χ2n) is 4.19. The van der Waals surface area contributed by atoms with Crippen LogP contribution in [0, 0.1) is 6.92 Å². The fourth-order valence-electron chi connectivity index (χ4n) is 1.42. The number of nitrogen functional groups attached to an aromatic ring is 1. The van der Waals surface area contributed by atoms with Gasteiger partial charge in [-0.2, -0.15) is 0 Å². The zero-order valence-electron chi connectivity index (χ0n) is 10.8. The Hall–Kier alpha value is -1.40. The van der Waals surface area contributed by atoms with Gasteiger partial charge in [0.15, 0.2) is 0 Å². The molecular formula is C12H19N3O2S. The second-order valence-corrected chi connectivity index (χ2v) is 6.00. The van der Waals surface area contributed by atoms with Crippen LogP contribution in [0.4, 0.5) is 5.69 Å². The van der Waals surface area contributed by atoms with Crippen LogP contribution in [0.15, 0.2) is 18.2 Å². The zero-order chi connectivity index (χ0) is 13.7. The average molecular weight is 269 g/mol. The van der Waals surface area contributed by atoms with E-state index >= 15 is 0 Å². The highest BCUT2D eigenvalue weighted by atomic mass is 32.2. The maximum Gasteiger partial charge on any atom is 0.251 e. The van der Waals surface area contributed by atoms with Crippen molar-refractivity contribution in [3.8, 4) is 0 Å². The molecule has 5 nitrogen and oxygen atoms in total. The third-order valence-corrected chi connectivity index (χ3v) is 4.06. The largest absolute Gasteiger partial charge is 0.351 e. The number of aryl methyl sites for hydroxylation is 1. The van der Waals surface area contributed by atoms with Crippen LogP contribution in [0.25, 0.3) is 0 Å². The highest BCUT2D eigenvalue weighted by molar-refractivity contribution is 7.84. The first-order valence-corrected chi connectivity index (χ1v) is 7.25. The van der Waals surface area contributed by atoms with Crippen molar-refractivity contribution in [1.82, 2.24) is 5.32 Å². The van der Waals surface area contributed by atoms with Gasteiger partial charge in [-0.05, 0) is 37.6 Å². The molecule has 0 fully saturated rings. The molecule has 1 rings (SSSR count). The summed E-state index contributed by atoms with van der Waals surface area (Å²) in [5.74, 6) is 5.16. The Labute approximate surface area is 110 Å². The van der Waals surface area contributed by atoms with Gasteiger partial charge >= 0.3 is 0 Å². The first-order valence-electron chi connectivity index (χ1n) is 5.63. The third kappa shape index (κ3) is 3.82. The number of carbonyl (C=O) groups excluding carboxylic acids is 1. The Morgan fingerprint density at radius 2 is 2.17 bits per heavy atom. The van der Waals surface area contributed by atoms with Crippen LogP contribution >= 0.6 is 0 Å². The molecule has 0 aliphatic rings. The Bertz CT molecular complexity index is 463. The molecule has 1 aromatic carbocycles. The van der Waals surface area contributed by atoms with E-state index in [-0.39, 0.29) is 11.2 Å². The van der Waals surface area contributed by atoms with Crippen molar-refractivity contribution in [2.24, 2.45) is 5.84 Å². The fraction of sp³-hybridized carbons (Fsp3) is 0.417. The van der Waals surface area contributed by atoms with Crippen molar-refractivity contribution >= 4 is 22.4 Å². The number of amides is 1. The summed E-state index contributed by atoms with van der Waals surface area (Å²) in [5.41, 5.74) is 4.81. The molecule has 0 aliphatic heterocycles. The van der Waals surface area contributed by atoms with E-state index in [1.807, 2.05) is 13.8 Å². The minimum absolute atomic E-state index is 0.0555. The molecule has 1 aromatic rings. The van der Waals surface area contributed by atoms with E-state index in [1.165, 1.54) is 0 Å². The molecule has 100 valence electrons. The summed E-state index contributed by atoms with van der Waals surface area (Å²) >= 11 is 0. The summed E-state index contributed by atoms with van der Waals surface area (Å²) in [7, 11) is -0.934. The summed E-state index contributed by atoms with van der Waals surface area (Å²) in [5, 5.41) is 2.71. The number of hydrogen-bond donors (Lipinski definition) is 3. The molecule has 1 amide bonds. The molecule has 0 aromatic heterocycles. The standard InChI is InChI=1S/C12H19N3O2S/c1-8-6-10(4-5-11(8)15-13)12(16)14-7-9(2)18(3)17/h4-6,9,15H,7,13H2,1-3H3,(H,14,16). The van der Waals surface area contributed by atoms with Crippen LogP contribution < -0.4 is 16.6 Å². The molecule has 0 radical (unpaired) electrons. The number of carbonyl (C=O) groups is 1. The van der Waals surface area contributed by atoms with Crippen molar-refractivity contribution < 1.29 is 9.00 Å². The van der Waals surface area contributed by atoms with Crippen molar-refractivity contribution in [2.45, 2.75) is 19.1 Å². The molecule has 2 atom stereocenters. The molecule has 0 saturated heterocycles. The van der Waals surface area contributed by atoms with E-state index < -0.39 is 10.8 Å². The maximum absolute atomic E-state index is 11.9. The molecule has 4 N–H and O–H groups in total. The molecular weight excluding hydrogens is 250 g/mol. The minimum Gasteiger partial charge on any atom is -0.351 e. The Balaban J connectivity index is 2.67. The van der Waals surface area contributed by atoms with Gasteiger partial charge in [-0.15, -0.1) is 0 Å². The summed E-state index contributed by atoms with van der Waals surface area (Å²) in [6.07, 6.45) is 1.63. The van der Waals surface area contributed by atoms with E-state index in [0.717, 1.165) is 11.3 Å². The quantitative estimate of drug-likeness (QED) is 0.545. The average Bonchev–Trinajstić information content (AvgIpc) is 2.35. The van der Waals surface area contributed by atoms with E-state index in [1.54, 1.807) is 24.5 Å². The van der Waals surface area contributed by atoms with Crippen LogP contribution in [0.1, 0.15) is 22.8 Å². The number of benzene rings is 1. The summed E-state index contributed by atoms with van der Waals surface area (Å²) < 4.78 is 11.2. The molecule has 0 bridgehead atoms. The molecule has 0 saturated carbocycles. The Morgan fingerprint density at radius 3 is 2.67 bits per heavy atom. The number of hydrazine groups is 1. The van der Waals surface area contributed by atoms with Gasteiger partial charge in [0, 0.05) is 34.4 Å². The van der Waals surface area contributed by atoms with Gasteiger partial charge in [-0.1, -0.05) is 0 Å². The predicted octanol–water partition coefficient (Wildman–Crippen LogP) is 0.777. The van der Waals surface area contributed by atoms with E-state index in [4.69, 9.17) is 5.84 Å². The molecule has 0 aliphatic carbocycles. The fourth-order valence-corrected chi connectivity index (χ4v) is 1.74. The maximum atomic E-state index is 11.9. The lowest BCUT2D eigenvalue weighted by atomic mass is 10.1. The topological polar surface area (TPSA) is 84.2 Å². The highest BCUT2D eigenvalue weighted by Gasteiger charge is 2.10. The van der Waals surface area contributed by atoms with Gasteiger partial charge in [0.25, 0.3) is 5.91 Å². The molecule has 18 heavy (non-hydrogen) atoms. The van der Waals surface area contributed by atoms with Gasteiger partial charge in [0.2, 0.25) is 0 Å². The van der Waals surface area contributed by atoms with Gasteiger partial charge in [0.05, 0.1) is 5.69 Å². The normalized spacial score (nSPS) is 13.8. The summed E-state index contributed by atoms with van der Waals surface area (Å²) in [6, 6.07) is 5.22. The molecule has 6 heteroatoms. The monoisotopic (exact) mass is 269 g/mol. The van der Waals surface area contributed by atoms with Crippen molar-refractivity contribution in [3.05, 3.63) is 29.3 Å². The van der Waals surface area contributed by atoms with E-state index in [9.17, 15) is 9.00 Å². The Kier molecular flexibility index (Phi) is 5.30. The molecule has 0 spiro atoms. The number of hydrogen-bond acceptors (Lipinski definition) is 4. The first-order chi connectivity index (χ1) is 8.45. The minimum atomic E-state index is -0.934. The third-order valence-electron chi connectivity index (χ3n) is 2.76. The lowest BCUT2D eigenvalue weighted by Crippen LogP contribution is -2.32. The molecule has 0 heterocycles. The number of nitrogens with two attached hydrogens (primary N) is 1. The number of anilines is 1. The van der Waals surface area contributed by atoms with Crippen molar-refractivity contribution in [3.63, 3.8) is 0 Å². The van der Waals surface area contributed by atoms with Crippen LogP contribution in [0.5, 0.6) is 0 Å². The van der Waals surface area contributed by atoms with Gasteiger partial charge in [-0.3, -0.25) is 14.8 Å². The zero-order valence-corrected chi connectivity index (χ0v) is 11.6. The highest BCUT2D eigenvalue weighted by Crippen LogP contribution is 2.15. The van der Waals surface area contributed by atoms with Crippen LogP contribution in [0.3, 0.4) is 0 Å². The van der Waals surface area contributed by atoms with E-state index in [0.29, 0.717) is 12.1 Å². The number of nitrogens with one attached hydrogen (secondary N) is 2. The predicted molar refractivity (Wildman–Crippen MR) is 74.9 cm³/mol. The smallest absolute Gasteiger partial charge is 0.251 e. The molecule has 2 unspecified atom stereocenters. The lowest BCUT2D eigenvalue weighted by Gasteiger charge is -2.11.